The van der Waals surface area contributed by atoms with Gasteiger partial charge in [-0.15, -0.1) is 0 Å². The highest BCUT2D eigenvalue weighted by atomic mass is 16.5. The van der Waals surface area contributed by atoms with Crippen LogP contribution in [0.3, 0.4) is 0 Å². The highest BCUT2D eigenvalue weighted by molar-refractivity contribution is 5.99. The molecule has 1 aromatic carbocycles. The minimum absolute atomic E-state index is 0.255. The zero-order chi connectivity index (χ0) is 19.6. The maximum Gasteiger partial charge on any atom is 0.329 e. The van der Waals surface area contributed by atoms with Crippen molar-refractivity contribution in [2.24, 2.45) is 0 Å². The van der Waals surface area contributed by atoms with Crippen LogP contribution in [0.15, 0.2) is 30.3 Å². The molecular weight excluding hydrogens is 348 g/mol. The lowest BCUT2D eigenvalue weighted by Gasteiger charge is -2.33. The monoisotopic (exact) mass is 372 g/mol. The molecule has 7 nitrogen and oxygen atoms in total. The van der Waals surface area contributed by atoms with Crippen molar-refractivity contribution in [1.82, 2.24) is 9.88 Å². The molecular formula is C20H24N2O5. The fraction of sp³-hybridized carbons (Fsp3) is 0.400. The summed E-state index contributed by atoms with van der Waals surface area (Å²) in [6.07, 6.45) is 0.510. The first-order valence-electron chi connectivity index (χ1n) is 8.85. The van der Waals surface area contributed by atoms with Gasteiger partial charge in [0.15, 0.2) is 0 Å². The molecule has 1 aliphatic heterocycles. The van der Waals surface area contributed by atoms with Crippen molar-refractivity contribution in [3.8, 4) is 11.4 Å². The number of hydrogen-bond donors (Lipinski definition) is 2. The summed E-state index contributed by atoms with van der Waals surface area (Å²) < 4.78 is 12.4. The fourth-order valence-corrected chi connectivity index (χ4v) is 3.52. The lowest BCUT2D eigenvalue weighted by Crippen LogP contribution is -2.57. The van der Waals surface area contributed by atoms with E-state index in [1.54, 1.807) is 13.2 Å². The van der Waals surface area contributed by atoms with Crippen molar-refractivity contribution in [2.75, 3.05) is 20.3 Å². The van der Waals surface area contributed by atoms with E-state index in [0.717, 1.165) is 22.8 Å². The van der Waals surface area contributed by atoms with Crippen molar-refractivity contribution in [2.45, 2.75) is 32.2 Å². The summed E-state index contributed by atoms with van der Waals surface area (Å²) in [5, 5.41) is 12.4. The summed E-state index contributed by atoms with van der Waals surface area (Å²) >= 11 is 0. The third-order valence-corrected chi connectivity index (χ3v) is 5.11. The number of amides is 1. The molecule has 0 bridgehead atoms. The lowest BCUT2D eigenvalue weighted by atomic mass is 9.89. The number of nitrogens with one attached hydrogen (secondary N) is 1. The number of carboxylic acid groups (broad SMARTS) is 1. The molecule has 1 fully saturated rings. The van der Waals surface area contributed by atoms with Gasteiger partial charge in [0, 0.05) is 43.1 Å². The van der Waals surface area contributed by atoms with Gasteiger partial charge in [0.25, 0.3) is 5.91 Å². The average Bonchev–Trinajstić information content (AvgIpc) is 2.97. The normalized spacial score (nSPS) is 16.0. The van der Waals surface area contributed by atoms with Crippen molar-refractivity contribution < 1.29 is 24.2 Å². The van der Waals surface area contributed by atoms with Gasteiger partial charge in [-0.05, 0) is 44.2 Å². The number of methoxy groups -OCH3 is 1. The summed E-state index contributed by atoms with van der Waals surface area (Å²) in [6.45, 7) is 4.40. The van der Waals surface area contributed by atoms with Gasteiger partial charge in [-0.3, -0.25) is 4.79 Å². The molecule has 0 saturated carbocycles. The van der Waals surface area contributed by atoms with E-state index in [0.29, 0.717) is 18.8 Å². The van der Waals surface area contributed by atoms with Gasteiger partial charge < -0.3 is 24.5 Å². The third-order valence-electron chi connectivity index (χ3n) is 5.11. The van der Waals surface area contributed by atoms with Crippen molar-refractivity contribution in [3.05, 3.63) is 47.3 Å². The Bertz CT molecular complexity index is 848. The van der Waals surface area contributed by atoms with Gasteiger partial charge >= 0.3 is 5.97 Å². The molecule has 2 aromatic rings. The summed E-state index contributed by atoms with van der Waals surface area (Å²) in [5.74, 6) is -0.655. The van der Waals surface area contributed by atoms with Crippen molar-refractivity contribution in [1.29, 1.82) is 0 Å². The van der Waals surface area contributed by atoms with Crippen LogP contribution in [0.4, 0.5) is 0 Å². The first kappa shape index (κ1) is 19.0. The zero-order valence-electron chi connectivity index (χ0n) is 15.7. The number of carbonyl (C=O) groups excluding carboxylic acids is 1. The van der Waals surface area contributed by atoms with E-state index in [9.17, 15) is 14.7 Å². The van der Waals surface area contributed by atoms with E-state index in [1.807, 2.05) is 42.7 Å². The van der Waals surface area contributed by atoms with Gasteiger partial charge in [0.1, 0.15) is 11.3 Å². The Morgan fingerprint density at radius 3 is 2.37 bits per heavy atom. The Labute approximate surface area is 157 Å². The van der Waals surface area contributed by atoms with E-state index in [2.05, 4.69) is 5.32 Å². The van der Waals surface area contributed by atoms with E-state index < -0.39 is 11.5 Å². The van der Waals surface area contributed by atoms with E-state index in [-0.39, 0.29) is 18.7 Å². The molecule has 7 heteroatoms. The van der Waals surface area contributed by atoms with E-state index >= 15 is 0 Å². The number of aliphatic carboxylic acids is 1. The van der Waals surface area contributed by atoms with Crippen molar-refractivity contribution in [3.63, 3.8) is 0 Å². The maximum atomic E-state index is 12.9. The first-order valence-corrected chi connectivity index (χ1v) is 8.85. The molecule has 1 aliphatic rings. The number of carbonyl (C=O) groups is 2. The number of ether oxygens (including phenoxy) is 2. The molecule has 0 radical (unpaired) electrons. The Morgan fingerprint density at radius 1 is 1.19 bits per heavy atom. The van der Waals surface area contributed by atoms with Crippen LogP contribution in [0.1, 0.15) is 34.6 Å². The lowest BCUT2D eigenvalue weighted by molar-refractivity contribution is -0.148. The first-order chi connectivity index (χ1) is 12.9. The molecule has 1 aromatic heterocycles. The Balaban J connectivity index is 1.90. The highest BCUT2D eigenvalue weighted by Gasteiger charge is 2.42. The molecule has 2 heterocycles. The van der Waals surface area contributed by atoms with E-state index in [4.69, 9.17) is 9.47 Å². The molecule has 0 unspecified atom stereocenters. The molecule has 2 N–H and O–H groups in total. The van der Waals surface area contributed by atoms with Crippen LogP contribution in [-0.2, 0) is 9.53 Å². The number of aromatic nitrogens is 1. The standard InChI is InChI=1S/C20H24N2O5/c1-13-12-17(14(2)22(13)15-4-6-16(26-3)7-5-15)18(23)21-20(19(24)25)8-10-27-11-9-20/h4-7,12H,8-11H2,1-3H3,(H,21,23)(H,24,25). The predicted octanol–water partition coefficient (Wildman–Crippen LogP) is 2.47. The molecule has 1 amide bonds. The molecule has 144 valence electrons. The van der Waals surface area contributed by atoms with Crippen LogP contribution < -0.4 is 10.1 Å². The second-order valence-electron chi connectivity index (χ2n) is 6.77. The summed E-state index contributed by atoms with van der Waals surface area (Å²) in [5.41, 5.74) is 1.74. The summed E-state index contributed by atoms with van der Waals surface area (Å²) in [4.78, 5) is 24.7. The van der Waals surface area contributed by atoms with Crippen LogP contribution >= 0.6 is 0 Å². The van der Waals surface area contributed by atoms with Crippen molar-refractivity contribution >= 4 is 11.9 Å². The number of carboxylic acids is 1. The third kappa shape index (κ3) is 3.55. The molecule has 0 spiro atoms. The highest BCUT2D eigenvalue weighted by Crippen LogP contribution is 2.25. The van der Waals surface area contributed by atoms with Gasteiger partial charge in [0.05, 0.1) is 12.7 Å². The van der Waals surface area contributed by atoms with Gasteiger partial charge in [-0.25, -0.2) is 4.79 Å². The summed E-state index contributed by atoms with van der Waals surface area (Å²) in [7, 11) is 1.61. The number of benzene rings is 1. The molecule has 0 atom stereocenters. The molecule has 3 rings (SSSR count). The Morgan fingerprint density at radius 2 is 1.81 bits per heavy atom. The topological polar surface area (TPSA) is 89.8 Å². The zero-order valence-corrected chi connectivity index (χ0v) is 15.7. The maximum absolute atomic E-state index is 12.9. The fourth-order valence-electron chi connectivity index (χ4n) is 3.52. The average molecular weight is 372 g/mol. The SMILES string of the molecule is COc1ccc(-n2c(C)cc(C(=O)NC3(C(=O)O)CCOCC3)c2C)cc1. The van der Waals surface area contributed by atoms with Gasteiger partial charge in [-0.2, -0.15) is 0 Å². The number of rotatable bonds is 5. The van der Waals surface area contributed by atoms with Gasteiger partial charge in [-0.1, -0.05) is 0 Å². The van der Waals surface area contributed by atoms with Crippen LogP contribution in [0.5, 0.6) is 5.75 Å². The smallest absolute Gasteiger partial charge is 0.329 e. The predicted molar refractivity (Wildman–Crippen MR) is 99.7 cm³/mol. The van der Waals surface area contributed by atoms with Gasteiger partial charge in [0.2, 0.25) is 0 Å². The molecule has 0 aliphatic carbocycles. The number of hydrogen-bond acceptors (Lipinski definition) is 4. The Hall–Kier alpha value is -2.80. The number of aryl methyl sites for hydroxylation is 1. The number of nitrogens with zero attached hydrogens (tertiary/aromatic N) is 1. The molecule has 1 saturated heterocycles. The Kier molecular flexibility index (Phi) is 5.23. The summed E-state index contributed by atoms with van der Waals surface area (Å²) in [6, 6.07) is 9.32. The van der Waals surface area contributed by atoms with Crippen LogP contribution in [0.2, 0.25) is 0 Å². The second-order valence-corrected chi connectivity index (χ2v) is 6.77. The van der Waals surface area contributed by atoms with E-state index in [1.165, 1.54) is 0 Å². The van der Waals surface area contributed by atoms with Crippen LogP contribution in [0.25, 0.3) is 5.69 Å². The minimum atomic E-state index is -1.28. The quantitative estimate of drug-likeness (QED) is 0.842. The largest absolute Gasteiger partial charge is 0.497 e. The minimum Gasteiger partial charge on any atom is -0.497 e. The second kappa shape index (κ2) is 7.44. The molecule has 27 heavy (non-hydrogen) atoms. The van der Waals surface area contributed by atoms with Crippen LogP contribution in [0, 0.1) is 13.8 Å². The van der Waals surface area contributed by atoms with Crippen LogP contribution in [-0.4, -0.2) is 47.4 Å².